The molecule has 0 radical (unpaired) electrons. The average Bonchev–Trinajstić information content (AvgIpc) is 2.84. The van der Waals surface area contributed by atoms with Crippen molar-refractivity contribution in [3.05, 3.63) is 60.6 Å². The predicted molar refractivity (Wildman–Crippen MR) is 75.1 cm³/mol. The van der Waals surface area contributed by atoms with Crippen LogP contribution in [0.2, 0.25) is 0 Å². The highest BCUT2D eigenvalue weighted by atomic mass is 16.4. The van der Waals surface area contributed by atoms with Crippen molar-refractivity contribution in [3.63, 3.8) is 0 Å². The quantitative estimate of drug-likeness (QED) is 0.739. The Bertz CT molecular complexity index is 791. The first kappa shape index (κ1) is 12.1. The van der Waals surface area contributed by atoms with Crippen molar-refractivity contribution in [2.45, 2.75) is 0 Å². The van der Waals surface area contributed by atoms with Gasteiger partial charge in [0.2, 0.25) is 0 Å². The van der Waals surface area contributed by atoms with E-state index in [1.807, 2.05) is 36.5 Å². The van der Waals surface area contributed by atoms with Gasteiger partial charge in [0, 0.05) is 35.8 Å². The highest BCUT2D eigenvalue weighted by molar-refractivity contribution is 5.91. The number of carboxylic acids is 1. The van der Waals surface area contributed by atoms with Gasteiger partial charge < -0.3 is 5.11 Å². The fourth-order valence-corrected chi connectivity index (χ4v) is 2.05. The highest BCUT2D eigenvalue weighted by Gasteiger charge is 2.12. The summed E-state index contributed by atoms with van der Waals surface area (Å²) in [5.41, 5.74) is 3.17. The summed E-state index contributed by atoms with van der Waals surface area (Å²) in [6.07, 6.45) is 7.90. The smallest absolute Gasteiger partial charge is 0.328 e. The van der Waals surface area contributed by atoms with Crippen molar-refractivity contribution < 1.29 is 9.90 Å². The monoisotopic (exact) mass is 265 g/mol. The van der Waals surface area contributed by atoms with Gasteiger partial charge >= 0.3 is 5.97 Å². The summed E-state index contributed by atoms with van der Waals surface area (Å²) in [4.78, 5) is 14.8. The van der Waals surface area contributed by atoms with E-state index in [2.05, 4.69) is 10.1 Å². The van der Waals surface area contributed by atoms with Gasteiger partial charge in [0.1, 0.15) is 5.69 Å². The van der Waals surface area contributed by atoms with E-state index in [4.69, 9.17) is 5.11 Å². The minimum Gasteiger partial charge on any atom is -0.478 e. The van der Waals surface area contributed by atoms with E-state index in [1.54, 1.807) is 23.0 Å². The number of hydrogen-bond acceptors (Lipinski definition) is 3. The van der Waals surface area contributed by atoms with Crippen LogP contribution in [0.4, 0.5) is 0 Å². The van der Waals surface area contributed by atoms with Crippen LogP contribution >= 0.6 is 0 Å². The van der Waals surface area contributed by atoms with Gasteiger partial charge in [-0.1, -0.05) is 6.07 Å². The second-order valence-electron chi connectivity index (χ2n) is 4.21. The van der Waals surface area contributed by atoms with E-state index in [-0.39, 0.29) is 0 Å². The van der Waals surface area contributed by atoms with Crippen LogP contribution in [0, 0.1) is 0 Å². The van der Waals surface area contributed by atoms with Gasteiger partial charge in [0.25, 0.3) is 0 Å². The molecule has 0 aromatic carbocycles. The Hall–Kier alpha value is -2.95. The van der Waals surface area contributed by atoms with Crippen molar-refractivity contribution in [2.75, 3.05) is 0 Å². The molecule has 0 unspecified atom stereocenters. The number of carboxylic acid groups (broad SMARTS) is 1. The summed E-state index contributed by atoms with van der Waals surface area (Å²) in [5.74, 6) is -0.989. The molecular formula is C15H11N3O2. The van der Waals surface area contributed by atoms with E-state index in [9.17, 15) is 4.79 Å². The number of nitrogens with zero attached hydrogens (tertiary/aromatic N) is 3. The fraction of sp³-hybridized carbons (Fsp3) is 0. The molecule has 0 spiro atoms. The van der Waals surface area contributed by atoms with Gasteiger partial charge in [-0.3, -0.25) is 4.98 Å². The summed E-state index contributed by atoms with van der Waals surface area (Å²) in [6, 6.07) is 9.38. The Balaban J connectivity index is 2.25. The number of rotatable bonds is 3. The summed E-state index contributed by atoms with van der Waals surface area (Å²) < 4.78 is 1.73. The summed E-state index contributed by atoms with van der Waals surface area (Å²) in [7, 11) is 0. The van der Waals surface area contributed by atoms with E-state index in [0.29, 0.717) is 5.69 Å². The second kappa shape index (κ2) is 4.97. The normalized spacial score (nSPS) is 11.2. The van der Waals surface area contributed by atoms with Crippen LogP contribution in [-0.4, -0.2) is 25.7 Å². The first-order valence-corrected chi connectivity index (χ1v) is 6.04. The number of aliphatic carboxylic acids is 1. The molecule has 3 aromatic rings. The third-order valence-corrected chi connectivity index (χ3v) is 2.91. The number of hydrogen-bond donors (Lipinski definition) is 1. The van der Waals surface area contributed by atoms with Gasteiger partial charge in [0.05, 0.1) is 5.52 Å². The Kier molecular flexibility index (Phi) is 3.01. The van der Waals surface area contributed by atoms with Crippen molar-refractivity contribution >= 4 is 17.6 Å². The molecule has 3 rings (SSSR count). The molecule has 0 amide bonds. The zero-order valence-electron chi connectivity index (χ0n) is 10.5. The molecule has 0 aliphatic rings. The topological polar surface area (TPSA) is 67.5 Å². The third kappa shape index (κ3) is 2.16. The van der Waals surface area contributed by atoms with Crippen LogP contribution in [0.3, 0.4) is 0 Å². The minimum atomic E-state index is -0.989. The van der Waals surface area contributed by atoms with E-state index >= 15 is 0 Å². The summed E-state index contributed by atoms with van der Waals surface area (Å²) in [6.45, 7) is 0. The molecule has 0 bridgehead atoms. The fourth-order valence-electron chi connectivity index (χ4n) is 2.05. The molecule has 20 heavy (non-hydrogen) atoms. The van der Waals surface area contributed by atoms with Gasteiger partial charge in [-0.05, 0) is 30.3 Å². The third-order valence-electron chi connectivity index (χ3n) is 2.91. The van der Waals surface area contributed by atoms with Crippen LogP contribution in [0.25, 0.3) is 22.9 Å². The molecule has 3 heterocycles. The maximum absolute atomic E-state index is 10.8. The summed E-state index contributed by atoms with van der Waals surface area (Å²) >= 11 is 0. The van der Waals surface area contributed by atoms with Crippen LogP contribution in [0.1, 0.15) is 5.56 Å². The first-order valence-electron chi connectivity index (χ1n) is 6.04. The molecule has 5 heteroatoms. The Morgan fingerprint density at radius 1 is 1.25 bits per heavy atom. The van der Waals surface area contributed by atoms with E-state index in [0.717, 1.165) is 22.7 Å². The van der Waals surface area contributed by atoms with Crippen LogP contribution in [-0.2, 0) is 4.79 Å². The van der Waals surface area contributed by atoms with Gasteiger partial charge in [-0.2, -0.15) is 5.10 Å². The van der Waals surface area contributed by atoms with Crippen molar-refractivity contribution in [1.29, 1.82) is 0 Å². The van der Waals surface area contributed by atoms with Crippen molar-refractivity contribution in [3.8, 4) is 11.3 Å². The molecule has 0 fully saturated rings. The molecule has 5 nitrogen and oxygen atoms in total. The lowest BCUT2D eigenvalue weighted by Gasteiger charge is -1.97. The number of pyridine rings is 2. The molecular weight excluding hydrogens is 254 g/mol. The van der Waals surface area contributed by atoms with Crippen molar-refractivity contribution in [1.82, 2.24) is 14.6 Å². The number of fused-ring (bicyclic) bond motifs is 1. The standard InChI is InChI=1S/C15H11N3O2/c19-14(20)7-6-12-13-5-1-2-9-18(13)17-15(12)11-4-3-8-16-10-11/h1-10H,(H,19,20)/b7-6+. The largest absolute Gasteiger partial charge is 0.478 e. The lowest BCUT2D eigenvalue weighted by molar-refractivity contribution is -0.131. The Labute approximate surface area is 114 Å². The van der Waals surface area contributed by atoms with E-state index in [1.165, 1.54) is 0 Å². The zero-order chi connectivity index (χ0) is 13.9. The zero-order valence-corrected chi connectivity index (χ0v) is 10.5. The molecule has 1 N–H and O–H groups in total. The van der Waals surface area contributed by atoms with Crippen molar-refractivity contribution in [2.24, 2.45) is 0 Å². The molecule has 0 atom stereocenters. The molecule has 0 saturated heterocycles. The number of carbonyl (C=O) groups is 1. The number of aromatic nitrogens is 3. The van der Waals surface area contributed by atoms with Crippen LogP contribution in [0.15, 0.2) is 55.0 Å². The molecule has 98 valence electrons. The maximum Gasteiger partial charge on any atom is 0.328 e. The Morgan fingerprint density at radius 3 is 2.90 bits per heavy atom. The second-order valence-corrected chi connectivity index (χ2v) is 4.21. The highest BCUT2D eigenvalue weighted by Crippen LogP contribution is 2.26. The maximum atomic E-state index is 10.8. The van der Waals surface area contributed by atoms with Gasteiger partial charge in [0.15, 0.2) is 0 Å². The molecule has 0 aliphatic heterocycles. The van der Waals surface area contributed by atoms with Gasteiger partial charge in [-0.15, -0.1) is 0 Å². The minimum absolute atomic E-state index is 0.710. The lowest BCUT2D eigenvalue weighted by atomic mass is 10.1. The summed E-state index contributed by atoms with van der Waals surface area (Å²) in [5, 5.41) is 13.3. The Morgan fingerprint density at radius 2 is 2.15 bits per heavy atom. The first-order chi connectivity index (χ1) is 9.75. The average molecular weight is 265 g/mol. The van der Waals surface area contributed by atoms with Gasteiger partial charge in [-0.25, -0.2) is 9.31 Å². The van der Waals surface area contributed by atoms with Crippen LogP contribution in [0.5, 0.6) is 0 Å². The molecule has 3 aromatic heterocycles. The lowest BCUT2D eigenvalue weighted by Crippen LogP contribution is -1.87. The molecule has 0 saturated carbocycles. The predicted octanol–water partition coefficient (Wildman–Crippen LogP) is 2.49. The van der Waals surface area contributed by atoms with Crippen LogP contribution < -0.4 is 0 Å². The van der Waals surface area contributed by atoms with E-state index < -0.39 is 5.97 Å². The SMILES string of the molecule is O=C(O)/C=C/c1c(-c2cccnc2)nn2ccccc12. The molecule has 0 aliphatic carbocycles.